The minimum absolute atomic E-state index is 0.0680. The van der Waals surface area contributed by atoms with Crippen LogP contribution >= 0.6 is 11.6 Å². The van der Waals surface area contributed by atoms with Gasteiger partial charge in [-0.25, -0.2) is 10.4 Å². The van der Waals surface area contributed by atoms with Crippen molar-refractivity contribution in [1.82, 2.24) is 10.4 Å². The summed E-state index contributed by atoms with van der Waals surface area (Å²) in [6.07, 6.45) is -0.174. The first-order valence-corrected chi connectivity index (χ1v) is 13.5. The molecule has 1 aliphatic heterocycles. The molecule has 2 aromatic carbocycles. The highest BCUT2D eigenvalue weighted by Gasteiger charge is 2.33. The summed E-state index contributed by atoms with van der Waals surface area (Å²) < 4.78 is 39.6. The maximum Gasteiger partial charge on any atom is 0.417 e. The van der Waals surface area contributed by atoms with Crippen LogP contribution in [0, 0.1) is 11.8 Å². The molecule has 0 bridgehead atoms. The fraction of sp³-hybridized carbons (Fsp3) is 0.267. The number of hydrazone groups is 1. The van der Waals surface area contributed by atoms with Crippen molar-refractivity contribution in [3.05, 3.63) is 87.7 Å². The minimum atomic E-state index is -4.65. The Hall–Kier alpha value is -4.40. The smallest absolute Gasteiger partial charge is 0.395 e. The number of rotatable bonds is 7. The number of piperidine rings is 1. The van der Waals surface area contributed by atoms with E-state index < -0.39 is 28.6 Å². The normalized spacial score (nSPS) is 13.4. The van der Waals surface area contributed by atoms with E-state index in [0.717, 1.165) is 56.4 Å². The van der Waals surface area contributed by atoms with Gasteiger partial charge in [0.15, 0.2) is 0 Å². The van der Waals surface area contributed by atoms with Crippen LogP contribution < -0.4 is 15.6 Å². The molecule has 0 unspecified atom stereocenters. The molecule has 12 heteroatoms. The third-order valence-corrected chi connectivity index (χ3v) is 6.66. The van der Waals surface area contributed by atoms with Gasteiger partial charge in [-0.3, -0.25) is 9.59 Å². The molecule has 1 fully saturated rings. The fourth-order valence-corrected chi connectivity index (χ4v) is 4.49. The number of hydrogen-bond donors (Lipinski definition) is 3. The maximum absolute atomic E-state index is 13.2. The highest BCUT2D eigenvalue weighted by molar-refractivity contribution is 6.31. The number of amides is 2. The Morgan fingerprint density at radius 1 is 1.07 bits per heavy atom. The number of carbonyl (C=O) groups is 2. The van der Waals surface area contributed by atoms with Gasteiger partial charge in [0.1, 0.15) is 11.4 Å². The fourth-order valence-electron chi connectivity index (χ4n) is 4.27. The number of aliphatic hydroxyl groups excluding tert-OH is 1. The first-order valence-electron chi connectivity index (χ1n) is 13.1. The van der Waals surface area contributed by atoms with Gasteiger partial charge in [-0.2, -0.15) is 18.3 Å². The van der Waals surface area contributed by atoms with Crippen LogP contribution in [0.2, 0.25) is 5.02 Å². The minimum Gasteiger partial charge on any atom is -0.395 e. The van der Waals surface area contributed by atoms with Gasteiger partial charge < -0.3 is 15.3 Å². The molecule has 1 aliphatic rings. The molecule has 4 rings (SSSR count). The van der Waals surface area contributed by atoms with Gasteiger partial charge in [0.05, 0.1) is 34.7 Å². The Balaban J connectivity index is 1.58. The van der Waals surface area contributed by atoms with Crippen LogP contribution in [-0.4, -0.2) is 47.8 Å². The Kier molecular flexibility index (Phi) is 10.2. The lowest BCUT2D eigenvalue weighted by atomic mass is 10.1. The van der Waals surface area contributed by atoms with E-state index in [9.17, 15) is 22.8 Å². The van der Waals surface area contributed by atoms with Gasteiger partial charge in [-0.05, 0) is 73.2 Å². The average Bonchev–Trinajstić information content (AvgIpc) is 2.98. The number of nitrogens with zero attached hydrogens (tertiary/aromatic N) is 3. The number of nitrogens with one attached hydrogen (secondary N) is 2. The standard InChI is InChI=1S/C30H27ClF3N5O3/c31-25-12-10-20(17-24(25)30(32,33)34)19-35-38-28(41)23-18-22(39-14-3-1-4-15-39)11-13-26(23)37-29(42)27-9-6-8-21(36-27)7-2-5-16-40/h6,8-13,17-19,40H,1,3-5,14-16H2,(H,37,42)(H,38,41). The van der Waals surface area contributed by atoms with E-state index in [1.165, 1.54) is 12.1 Å². The summed E-state index contributed by atoms with van der Waals surface area (Å²) in [4.78, 5) is 32.7. The Bertz CT molecular complexity index is 1540. The zero-order valence-corrected chi connectivity index (χ0v) is 23.1. The highest BCUT2D eigenvalue weighted by atomic mass is 35.5. The summed E-state index contributed by atoms with van der Waals surface area (Å²) in [5.41, 5.74) is 2.89. The predicted octanol–water partition coefficient (Wildman–Crippen LogP) is 5.49. The number of halogens is 4. The zero-order valence-electron chi connectivity index (χ0n) is 22.3. The molecule has 218 valence electrons. The van der Waals surface area contributed by atoms with Crippen LogP contribution in [0.1, 0.15) is 63.4 Å². The van der Waals surface area contributed by atoms with Crippen molar-refractivity contribution in [3.8, 4) is 11.8 Å². The van der Waals surface area contributed by atoms with Gasteiger partial charge in [0.25, 0.3) is 11.8 Å². The second-order valence-electron chi connectivity index (χ2n) is 9.35. The summed E-state index contributed by atoms with van der Waals surface area (Å²) in [7, 11) is 0. The number of benzene rings is 2. The lowest BCUT2D eigenvalue weighted by Crippen LogP contribution is -2.30. The van der Waals surface area contributed by atoms with Crippen molar-refractivity contribution in [2.45, 2.75) is 31.9 Å². The summed E-state index contributed by atoms with van der Waals surface area (Å²) in [6.45, 7) is 1.54. The van der Waals surface area contributed by atoms with Crippen molar-refractivity contribution in [3.63, 3.8) is 0 Å². The Labute approximate surface area is 245 Å². The monoisotopic (exact) mass is 597 g/mol. The van der Waals surface area contributed by atoms with E-state index in [1.54, 1.807) is 30.3 Å². The first-order chi connectivity index (χ1) is 20.2. The van der Waals surface area contributed by atoms with Crippen LogP contribution in [0.5, 0.6) is 0 Å². The van der Waals surface area contributed by atoms with Crippen molar-refractivity contribution < 1.29 is 27.9 Å². The molecule has 0 atom stereocenters. The van der Waals surface area contributed by atoms with Crippen LogP contribution in [0.4, 0.5) is 24.5 Å². The van der Waals surface area contributed by atoms with Crippen LogP contribution in [0.15, 0.2) is 59.7 Å². The molecule has 0 aliphatic carbocycles. The molecule has 0 saturated carbocycles. The third-order valence-electron chi connectivity index (χ3n) is 6.33. The Morgan fingerprint density at radius 2 is 1.86 bits per heavy atom. The molecule has 1 saturated heterocycles. The van der Waals surface area contributed by atoms with Crippen molar-refractivity contribution in [2.75, 3.05) is 29.9 Å². The molecule has 8 nitrogen and oxygen atoms in total. The summed E-state index contributed by atoms with van der Waals surface area (Å²) in [5, 5.41) is 15.0. The van der Waals surface area contributed by atoms with Crippen LogP contribution in [0.25, 0.3) is 0 Å². The third kappa shape index (κ3) is 8.09. The van der Waals surface area contributed by atoms with Gasteiger partial charge in [0.2, 0.25) is 0 Å². The van der Waals surface area contributed by atoms with Crippen molar-refractivity contribution >= 4 is 41.0 Å². The number of aromatic nitrogens is 1. The SMILES string of the molecule is O=C(Nc1ccc(N2CCCCC2)cc1C(=O)NN=Cc1ccc(Cl)c(C(F)(F)F)c1)c1cccc(C#CCCO)n1. The maximum atomic E-state index is 13.2. The average molecular weight is 598 g/mol. The van der Waals surface area contributed by atoms with E-state index in [1.807, 2.05) is 0 Å². The summed E-state index contributed by atoms with van der Waals surface area (Å²) in [5.74, 6) is 4.26. The number of carbonyl (C=O) groups excluding carboxylic acids is 2. The lowest BCUT2D eigenvalue weighted by Gasteiger charge is -2.29. The van der Waals surface area contributed by atoms with E-state index in [2.05, 4.69) is 37.6 Å². The number of pyridine rings is 1. The molecule has 42 heavy (non-hydrogen) atoms. The van der Waals surface area contributed by atoms with E-state index >= 15 is 0 Å². The summed E-state index contributed by atoms with van der Waals surface area (Å²) >= 11 is 5.67. The molecule has 2 amide bonds. The second kappa shape index (κ2) is 14.0. The van der Waals surface area contributed by atoms with Crippen LogP contribution in [-0.2, 0) is 6.18 Å². The largest absolute Gasteiger partial charge is 0.417 e. The topological polar surface area (TPSA) is 107 Å². The molecule has 0 radical (unpaired) electrons. The van der Waals surface area contributed by atoms with Gasteiger partial charge in [-0.15, -0.1) is 0 Å². The first kappa shape index (κ1) is 30.6. The van der Waals surface area contributed by atoms with E-state index in [0.29, 0.717) is 5.69 Å². The molecule has 3 aromatic rings. The second-order valence-corrected chi connectivity index (χ2v) is 9.76. The van der Waals surface area contributed by atoms with Gasteiger partial charge >= 0.3 is 6.18 Å². The molecule has 3 N–H and O–H groups in total. The molecule has 2 heterocycles. The quantitative estimate of drug-likeness (QED) is 0.190. The number of hydrogen-bond acceptors (Lipinski definition) is 6. The van der Waals surface area contributed by atoms with E-state index in [-0.39, 0.29) is 35.5 Å². The number of aliphatic hydroxyl groups is 1. The molecule has 1 aromatic heterocycles. The number of alkyl halides is 3. The molecule has 0 spiro atoms. The molecular formula is C30H27ClF3N5O3. The van der Waals surface area contributed by atoms with E-state index in [4.69, 9.17) is 16.7 Å². The lowest BCUT2D eigenvalue weighted by molar-refractivity contribution is -0.137. The highest BCUT2D eigenvalue weighted by Crippen LogP contribution is 2.35. The molecular weight excluding hydrogens is 571 g/mol. The van der Waals surface area contributed by atoms with Gasteiger partial charge in [-0.1, -0.05) is 29.7 Å². The predicted molar refractivity (Wildman–Crippen MR) is 155 cm³/mol. The zero-order chi connectivity index (χ0) is 30.1. The summed E-state index contributed by atoms with van der Waals surface area (Å²) in [6, 6.07) is 13.1. The van der Waals surface area contributed by atoms with Crippen molar-refractivity contribution in [2.24, 2.45) is 5.10 Å². The number of anilines is 2. The Morgan fingerprint density at radius 3 is 2.60 bits per heavy atom. The van der Waals surface area contributed by atoms with Crippen molar-refractivity contribution in [1.29, 1.82) is 0 Å². The van der Waals surface area contributed by atoms with Crippen LogP contribution in [0.3, 0.4) is 0 Å². The van der Waals surface area contributed by atoms with Gasteiger partial charge in [0, 0.05) is 25.2 Å².